The number of nitrogens with one attached hydrogen (secondary N) is 1. The molecule has 0 radical (unpaired) electrons. The van der Waals surface area contributed by atoms with Crippen molar-refractivity contribution in [2.75, 3.05) is 21.3 Å². The van der Waals surface area contributed by atoms with Crippen molar-refractivity contribution in [3.63, 3.8) is 0 Å². The third-order valence-corrected chi connectivity index (χ3v) is 3.90. The summed E-state index contributed by atoms with van der Waals surface area (Å²) in [5.41, 5.74) is 1.87. The number of hydrogen-bond acceptors (Lipinski definition) is 6. The number of carbonyl (C=O) groups is 1. The van der Waals surface area contributed by atoms with Crippen LogP contribution < -0.4 is 14.7 Å². The van der Waals surface area contributed by atoms with Gasteiger partial charge in [0.25, 0.3) is 0 Å². The second kappa shape index (κ2) is 10.7. The molecule has 0 amide bonds. The Balaban J connectivity index is 2.83. The first-order chi connectivity index (χ1) is 11.9. The molecule has 0 saturated carbocycles. The average Bonchev–Trinajstić information content (AvgIpc) is 2.61. The predicted molar refractivity (Wildman–Crippen MR) is 93.5 cm³/mol. The van der Waals surface area contributed by atoms with Gasteiger partial charge in [0.15, 0.2) is 0 Å². The second-order valence-corrected chi connectivity index (χ2v) is 5.68. The molecule has 140 valence electrons. The molecule has 0 aliphatic carbocycles. The van der Waals surface area contributed by atoms with E-state index in [1.807, 2.05) is 6.07 Å². The van der Waals surface area contributed by atoms with Crippen LogP contribution in [0.4, 0.5) is 0 Å². The minimum Gasteiger partial charge on any atom is -0.595 e. The molecule has 7 nitrogen and oxygen atoms in total. The molecule has 0 saturated heterocycles. The van der Waals surface area contributed by atoms with Crippen molar-refractivity contribution >= 4 is 12.0 Å². The normalized spacial score (nSPS) is 12.6. The molecule has 2 N–H and O–H groups in total. The second-order valence-electron chi connectivity index (χ2n) is 5.68. The fourth-order valence-corrected chi connectivity index (χ4v) is 2.45. The molecule has 1 rings (SSSR count). The van der Waals surface area contributed by atoms with Crippen molar-refractivity contribution in [2.24, 2.45) is 0 Å². The van der Waals surface area contributed by atoms with E-state index >= 15 is 0 Å². The largest absolute Gasteiger partial charge is 0.595 e. The number of methoxy groups -OCH3 is 3. The predicted octanol–water partition coefficient (Wildman–Crippen LogP) is 2.11. The van der Waals surface area contributed by atoms with Gasteiger partial charge < -0.3 is 19.4 Å². The zero-order chi connectivity index (χ0) is 18.8. The van der Waals surface area contributed by atoms with Gasteiger partial charge >= 0.3 is 5.97 Å². The number of benzene rings is 1. The van der Waals surface area contributed by atoms with Gasteiger partial charge in [0.05, 0.1) is 21.3 Å². The van der Waals surface area contributed by atoms with Crippen molar-refractivity contribution in [2.45, 2.75) is 39.0 Å². The number of quaternary nitrogens is 1. The van der Waals surface area contributed by atoms with Gasteiger partial charge in [-0.05, 0) is 37.0 Å². The molecular weight excluding hydrogens is 326 g/mol. The first-order valence-corrected chi connectivity index (χ1v) is 8.16. The fraction of sp³-hybridized carbons (Fsp3) is 0.500. The number of hydrogen-bond donors (Lipinski definition) is 2. The number of esters is 1. The summed E-state index contributed by atoms with van der Waals surface area (Å²) < 4.78 is 15.4. The van der Waals surface area contributed by atoms with Gasteiger partial charge in [0, 0.05) is 25.0 Å². The van der Waals surface area contributed by atoms with E-state index in [0.29, 0.717) is 23.5 Å². The molecule has 25 heavy (non-hydrogen) atoms. The zero-order valence-electron chi connectivity index (χ0n) is 15.3. The Labute approximate surface area is 148 Å². The van der Waals surface area contributed by atoms with Crippen LogP contribution in [0, 0.1) is 5.21 Å². The van der Waals surface area contributed by atoms with E-state index in [9.17, 15) is 10.0 Å². The Bertz CT molecular complexity index is 597. The smallest absolute Gasteiger partial charge is 0.305 e. The lowest BCUT2D eigenvalue weighted by atomic mass is 10.0. The monoisotopic (exact) mass is 353 g/mol. The molecule has 1 aromatic carbocycles. The number of rotatable bonds is 10. The Kier molecular flexibility index (Phi) is 8.98. The maximum atomic E-state index is 11.1. The lowest BCUT2D eigenvalue weighted by Gasteiger charge is -2.15. The SMILES string of the molecule is COC(=O)CCCCCc1cc(OC)c(C=C(C)[NH+]([O-])O)cc1OC. The number of aryl methyl sites for hydroxylation is 1. The highest BCUT2D eigenvalue weighted by Gasteiger charge is 2.12. The highest BCUT2D eigenvalue weighted by molar-refractivity contribution is 5.69. The van der Waals surface area contributed by atoms with Crippen LogP contribution in [0.1, 0.15) is 43.7 Å². The summed E-state index contributed by atoms with van der Waals surface area (Å²) in [4.78, 5) is 11.1. The van der Waals surface area contributed by atoms with Crippen LogP contribution in [0.5, 0.6) is 11.5 Å². The molecule has 0 fully saturated rings. The van der Waals surface area contributed by atoms with Crippen LogP contribution >= 0.6 is 0 Å². The Morgan fingerprint density at radius 3 is 2.40 bits per heavy atom. The van der Waals surface area contributed by atoms with Crippen molar-refractivity contribution in [1.82, 2.24) is 0 Å². The van der Waals surface area contributed by atoms with E-state index in [-0.39, 0.29) is 11.7 Å². The number of ether oxygens (including phenoxy) is 3. The zero-order valence-corrected chi connectivity index (χ0v) is 15.3. The number of carbonyl (C=O) groups excluding carboxylic acids is 1. The van der Waals surface area contributed by atoms with Gasteiger partial charge in [-0.25, -0.2) is 5.21 Å². The molecular formula is C18H27NO6. The third-order valence-electron chi connectivity index (χ3n) is 3.90. The van der Waals surface area contributed by atoms with Crippen LogP contribution in [-0.2, 0) is 16.0 Å². The van der Waals surface area contributed by atoms with Gasteiger partial charge in [0.2, 0.25) is 0 Å². The molecule has 7 heteroatoms. The Hall–Kier alpha value is -2.09. The van der Waals surface area contributed by atoms with Gasteiger partial charge in [-0.15, -0.1) is 0 Å². The lowest BCUT2D eigenvalue weighted by molar-refractivity contribution is -1.01. The summed E-state index contributed by atoms with van der Waals surface area (Å²) in [6, 6.07) is 3.66. The Morgan fingerprint density at radius 1 is 1.16 bits per heavy atom. The maximum Gasteiger partial charge on any atom is 0.305 e. The molecule has 1 aromatic rings. The lowest BCUT2D eigenvalue weighted by Crippen LogP contribution is -3.02. The van der Waals surface area contributed by atoms with E-state index < -0.39 is 5.23 Å². The van der Waals surface area contributed by atoms with E-state index in [2.05, 4.69) is 4.74 Å². The standard InChI is InChI=1S/C18H27NO6/c1-13(19(21)22)10-15-12-16(23-2)14(11-17(15)24-3)8-6-5-7-9-18(20)25-4/h10-12,19,21H,5-9H2,1-4H3. The van der Waals surface area contributed by atoms with Crippen molar-refractivity contribution in [3.8, 4) is 11.5 Å². The van der Waals surface area contributed by atoms with Crippen LogP contribution in [0.25, 0.3) is 6.08 Å². The molecule has 0 heterocycles. The van der Waals surface area contributed by atoms with E-state index in [0.717, 1.165) is 31.2 Å². The Morgan fingerprint density at radius 2 is 1.84 bits per heavy atom. The fourth-order valence-electron chi connectivity index (χ4n) is 2.45. The average molecular weight is 353 g/mol. The van der Waals surface area contributed by atoms with Crippen LogP contribution in [0.2, 0.25) is 0 Å². The highest BCUT2D eigenvalue weighted by Crippen LogP contribution is 2.31. The minimum atomic E-state index is -0.976. The molecule has 0 bridgehead atoms. The molecule has 1 atom stereocenters. The topological polar surface area (TPSA) is 92.5 Å². The molecule has 0 aliphatic heterocycles. The quantitative estimate of drug-likeness (QED) is 0.380. The van der Waals surface area contributed by atoms with Crippen molar-refractivity contribution in [3.05, 3.63) is 34.2 Å². The van der Waals surface area contributed by atoms with Gasteiger partial charge in [-0.3, -0.25) is 4.79 Å². The van der Waals surface area contributed by atoms with Crippen molar-refractivity contribution in [1.29, 1.82) is 0 Å². The first kappa shape index (κ1) is 21.0. The summed E-state index contributed by atoms with van der Waals surface area (Å²) in [6.07, 6.45) is 5.35. The third kappa shape index (κ3) is 6.74. The molecule has 0 aromatic heterocycles. The van der Waals surface area contributed by atoms with Crippen LogP contribution in [-0.4, -0.2) is 32.5 Å². The number of unbranched alkanes of at least 4 members (excludes halogenated alkanes) is 2. The summed E-state index contributed by atoms with van der Waals surface area (Å²) in [5, 5.41) is 19.1. The van der Waals surface area contributed by atoms with Gasteiger partial charge in [-0.1, -0.05) is 6.42 Å². The molecule has 0 spiro atoms. The van der Waals surface area contributed by atoms with Crippen molar-refractivity contribution < 1.29 is 29.4 Å². The van der Waals surface area contributed by atoms with Gasteiger partial charge in [-0.2, -0.15) is 5.23 Å². The minimum absolute atomic E-state index is 0.191. The summed E-state index contributed by atoms with van der Waals surface area (Å²) in [5.74, 6) is 1.10. The summed E-state index contributed by atoms with van der Waals surface area (Å²) >= 11 is 0. The molecule has 1 unspecified atom stereocenters. The van der Waals surface area contributed by atoms with E-state index in [4.69, 9.17) is 14.7 Å². The summed E-state index contributed by atoms with van der Waals surface area (Å²) in [7, 11) is 4.52. The number of hydroxylamine groups is 2. The maximum absolute atomic E-state index is 11.1. The highest BCUT2D eigenvalue weighted by atomic mass is 16.8. The van der Waals surface area contributed by atoms with Gasteiger partial charge in [0.1, 0.15) is 17.2 Å². The van der Waals surface area contributed by atoms with E-state index in [1.165, 1.54) is 14.0 Å². The van der Waals surface area contributed by atoms with E-state index in [1.54, 1.807) is 26.4 Å². The number of allylic oxidation sites excluding steroid dienone is 1. The molecule has 0 aliphatic rings. The van der Waals surface area contributed by atoms with Crippen LogP contribution in [0.15, 0.2) is 17.8 Å². The summed E-state index contributed by atoms with van der Waals surface area (Å²) in [6.45, 7) is 1.53. The van der Waals surface area contributed by atoms with Crippen LogP contribution in [0.3, 0.4) is 0 Å². The first-order valence-electron chi connectivity index (χ1n) is 8.16.